The van der Waals surface area contributed by atoms with Crippen LogP contribution in [0.2, 0.25) is 0 Å². The molecule has 18 heavy (non-hydrogen) atoms. The number of hydrogen-bond donors (Lipinski definition) is 1. The van der Waals surface area contributed by atoms with Crippen molar-refractivity contribution in [3.8, 4) is 11.5 Å². The van der Waals surface area contributed by atoms with Crippen LogP contribution in [0.15, 0.2) is 40.7 Å². The minimum absolute atomic E-state index is 0.0931. The van der Waals surface area contributed by atoms with Crippen molar-refractivity contribution in [2.75, 3.05) is 7.11 Å². The van der Waals surface area contributed by atoms with Crippen LogP contribution in [-0.4, -0.2) is 18.4 Å². The maximum Gasteiger partial charge on any atom is 0.166 e. The third-order valence-corrected chi connectivity index (χ3v) is 3.68. The normalized spacial score (nSPS) is 12.8. The van der Waals surface area contributed by atoms with Crippen LogP contribution in [0.25, 0.3) is 0 Å². The monoisotopic (exact) mass is 261 g/mol. The first-order chi connectivity index (χ1) is 8.72. The first-order valence-electron chi connectivity index (χ1n) is 5.65. The molecule has 0 aliphatic carbocycles. The topological polar surface area (TPSA) is 41.8 Å². The lowest BCUT2D eigenvalue weighted by Crippen LogP contribution is -1.91. The van der Waals surface area contributed by atoms with Crippen molar-refractivity contribution in [2.45, 2.75) is 13.0 Å². The number of phenolic OH excluding ortho intramolecular Hbond substituents is 1. The molecule has 1 N–H and O–H groups in total. The third kappa shape index (κ3) is 2.71. The molecule has 0 aliphatic heterocycles. The van der Waals surface area contributed by atoms with Gasteiger partial charge in [0, 0.05) is 16.7 Å². The van der Waals surface area contributed by atoms with Gasteiger partial charge < -0.3 is 9.84 Å². The Morgan fingerprint density at radius 3 is 2.83 bits per heavy atom. The molecule has 1 heterocycles. The van der Waals surface area contributed by atoms with Crippen molar-refractivity contribution in [3.63, 3.8) is 0 Å². The van der Waals surface area contributed by atoms with Crippen molar-refractivity contribution in [3.05, 3.63) is 46.2 Å². The number of phenols is 1. The fourth-order valence-corrected chi connectivity index (χ4v) is 2.33. The van der Waals surface area contributed by atoms with Gasteiger partial charge in [0.05, 0.1) is 13.2 Å². The summed E-state index contributed by atoms with van der Waals surface area (Å²) in [4.78, 5) is 5.65. The Morgan fingerprint density at radius 1 is 1.33 bits per heavy atom. The lowest BCUT2D eigenvalue weighted by molar-refractivity contribution is 0.373. The number of benzene rings is 1. The fraction of sp³-hybridized carbons (Fsp3) is 0.214. The first kappa shape index (κ1) is 12.6. The van der Waals surface area contributed by atoms with Crippen LogP contribution in [0.5, 0.6) is 11.5 Å². The van der Waals surface area contributed by atoms with Crippen LogP contribution in [0.1, 0.15) is 23.4 Å². The van der Waals surface area contributed by atoms with E-state index in [-0.39, 0.29) is 11.8 Å². The summed E-state index contributed by atoms with van der Waals surface area (Å²) in [6.45, 7) is 2.03. The van der Waals surface area contributed by atoms with Gasteiger partial charge in [-0.05, 0) is 30.5 Å². The van der Waals surface area contributed by atoms with Crippen molar-refractivity contribution in [1.29, 1.82) is 0 Å². The summed E-state index contributed by atoms with van der Waals surface area (Å²) >= 11 is 1.68. The number of aromatic hydroxyl groups is 1. The highest BCUT2D eigenvalue weighted by Gasteiger charge is 2.06. The molecule has 2 aromatic rings. The average molecular weight is 261 g/mol. The van der Waals surface area contributed by atoms with Crippen LogP contribution >= 0.6 is 11.3 Å². The predicted octanol–water partition coefficient (Wildman–Crippen LogP) is 3.64. The van der Waals surface area contributed by atoms with Gasteiger partial charge >= 0.3 is 0 Å². The van der Waals surface area contributed by atoms with E-state index in [1.807, 2.05) is 30.5 Å². The molecule has 0 saturated carbocycles. The molecule has 0 bridgehead atoms. The zero-order valence-electron chi connectivity index (χ0n) is 10.3. The number of nitrogens with zero attached hydrogens (tertiary/aromatic N) is 1. The molecule has 0 spiro atoms. The summed E-state index contributed by atoms with van der Waals surface area (Å²) < 4.78 is 5.06. The van der Waals surface area contributed by atoms with Crippen molar-refractivity contribution < 1.29 is 9.84 Å². The van der Waals surface area contributed by atoms with Crippen LogP contribution in [-0.2, 0) is 0 Å². The molecule has 0 aliphatic rings. The van der Waals surface area contributed by atoms with E-state index in [1.54, 1.807) is 23.6 Å². The van der Waals surface area contributed by atoms with Gasteiger partial charge in [-0.15, -0.1) is 11.3 Å². The van der Waals surface area contributed by atoms with Gasteiger partial charge in [-0.1, -0.05) is 12.1 Å². The van der Waals surface area contributed by atoms with E-state index in [4.69, 9.17) is 4.74 Å². The Bertz CT molecular complexity index is 535. The smallest absolute Gasteiger partial charge is 0.166 e. The molecule has 94 valence electrons. The molecule has 0 radical (unpaired) electrons. The maximum atomic E-state index is 9.92. The highest BCUT2D eigenvalue weighted by Crippen LogP contribution is 2.29. The second-order valence-corrected chi connectivity index (χ2v) is 4.85. The van der Waals surface area contributed by atoms with Crippen LogP contribution < -0.4 is 4.74 Å². The number of methoxy groups -OCH3 is 1. The van der Waals surface area contributed by atoms with E-state index in [0.717, 1.165) is 0 Å². The average Bonchev–Trinajstić information content (AvgIpc) is 2.91. The summed E-state index contributed by atoms with van der Waals surface area (Å²) in [6, 6.07) is 9.51. The number of aliphatic imine (C=N–C) groups is 1. The highest BCUT2D eigenvalue weighted by atomic mass is 32.1. The van der Waals surface area contributed by atoms with Crippen LogP contribution in [0.3, 0.4) is 0 Å². The van der Waals surface area contributed by atoms with Gasteiger partial charge in [0.25, 0.3) is 0 Å². The van der Waals surface area contributed by atoms with Gasteiger partial charge in [0.2, 0.25) is 0 Å². The van der Waals surface area contributed by atoms with Gasteiger partial charge in [0.1, 0.15) is 0 Å². The number of ether oxygens (including phenoxy) is 1. The summed E-state index contributed by atoms with van der Waals surface area (Å²) in [6.07, 6.45) is 1.68. The Balaban J connectivity index is 2.19. The molecule has 0 fully saturated rings. The lowest BCUT2D eigenvalue weighted by Gasteiger charge is -2.06. The number of thiophene rings is 1. The molecule has 1 aromatic carbocycles. The van der Waals surface area contributed by atoms with Gasteiger partial charge in [-0.25, -0.2) is 0 Å². The quantitative estimate of drug-likeness (QED) is 0.854. The Labute approximate surface area is 110 Å². The fourth-order valence-electron chi connectivity index (χ4n) is 1.60. The largest absolute Gasteiger partial charge is 0.504 e. The molecular formula is C14H15NO2S. The Hall–Kier alpha value is -1.81. The van der Waals surface area contributed by atoms with Crippen LogP contribution in [0, 0.1) is 0 Å². The standard InChI is InChI=1S/C14H15NO2S/c1-10(13-7-4-8-18-13)15-9-11-5-3-6-12(17-2)14(11)16/h3-10,16H,1-2H3/t10-/m1/s1. The molecule has 1 atom stereocenters. The highest BCUT2D eigenvalue weighted by molar-refractivity contribution is 7.10. The molecular weight excluding hydrogens is 246 g/mol. The Morgan fingerprint density at radius 2 is 2.17 bits per heavy atom. The SMILES string of the molecule is COc1cccc(C=N[C@H](C)c2cccs2)c1O. The minimum atomic E-state index is 0.0931. The number of rotatable bonds is 4. The molecule has 4 heteroatoms. The summed E-state index contributed by atoms with van der Waals surface area (Å²) in [5.41, 5.74) is 0.665. The number of hydrogen-bond acceptors (Lipinski definition) is 4. The van der Waals surface area contributed by atoms with Crippen molar-refractivity contribution >= 4 is 17.6 Å². The molecule has 0 amide bonds. The molecule has 0 unspecified atom stereocenters. The van der Waals surface area contributed by atoms with Gasteiger partial charge in [-0.2, -0.15) is 0 Å². The second kappa shape index (κ2) is 5.69. The first-order valence-corrected chi connectivity index (χ1v) is 6.53. The van der Waals surface area contributed by atoms with Crippen molar-refractivity contribution in [1.82, 2.24) is 0 Å². The van der Waals surface area contributed by atoms with E-state index in [2.05, 4.69) is 11.1 Å². The zero-order valence-corrected chi connectivity index (χ0v) is 11.1. The van der Waals surface area contributed by atoms with E-state index in [1.165, 1.54) is 12.0 Å². The van der Waals surface area contributed by atoms with E-state index in [9.17, 15) is 5.11 Å². The van der Waals surface area contributed by atoms with Gasteiger partial charge in [0.15, 0.2) is 11.5 Å². The summed E-state index contributed by atoms with van der Waals surface area (Å²) in [5, 5.41) is 12.0. The lowest BCUT2D eigenvalue weighted by atomic mass is 10.2. The predicted molar refractivity (Wildman–Crippen MR) is 75.0 cm³/mol. The van der Waals surface area contributed by atoms with Crippen LogP contribution in [0.4, 0.5) is 0 Å². The Kier molecular flexibility index (Phi) is 3.99. The summed E-state index contributed by atoms with van der Waals surface area (Å²) in [7, 11) is 1.53. The maximum absolute atomic E-state index is 9.92. The molecule has 1 aromatic heterocycles. The molecule has 3 nitrogen and oxygen atoms in total. The minimum Gasteiger partial charge on any atom is -0.504 e. The van der Waals surface area contributed by atoms with E-state index < -0.39 is 0 Å². The molecule has 2 rings (SSSR count). The van der Waals surface area contributed by atoms with E-state index in [0.29, 0.717) is 11.3 Å². The zero-order chi connectivity index (χ0) is 13.0. The number of para-hydroxylation sites is 1. The van der Waals surface area contributed by atoms with E-state index >= 15 is 0 Å². The second-order valence-electron chi connectivity index (χ2n) is 3.87. The summed E-state index contributed by atoms with van der Waals surface area (Å²) in [5.74, 6) is 0.588. The van der Waals surface area contributed by atoms with Crippen molar-refractivity contribution in [2.24, 2.45) is 4.99 Å². The molecule has 0 saturated heterocycles. The third-order valence-electron chi connectivity index (χ3n) is 2.64. The van der Waals surface area contributed by atoms with Gasteiger partial charge in [-0.3, -0.25) is 4.99 Å².